The van der Waals surface area contributed by atoms with Gasteiger partial charge in [-0.15, -0.1) is 0 Å². The van der Waals surface area contributed by atoms with Crippen molar-refractivity contribution < 1.29 is 28.2 Å². The van der Waals surface area contributed by atoms with Gasteiger partial charge in [-0.25, -0.2) is 28.1 Å². The number of imidazole rings is 1. The molecule has 0 aliphatic carbocycles. The molecule has 1 fully saturated rings. The first-order valence-electron chi connectivity index (χ1n) is 18.0. The predicted octanol–water partition coefficient (Wildman–Crippen LogP) is 4.09. The number of rotatable bonds is 20. The van der Waals surface area contributed by atoms with Crippen LogP contribution in [-0.4, -0.2) is 96.1 Å². The van der Waals surface area contributed by atoms with Crippen molar-refractivity contribution in [2.75, 3.05) is 43.9 Å². The van der Waals surface area contributed by atoms with E-state index in [1.807, 2.05) is 43.3 Å². The molecule has 1 saturated heterocycles. The molecule has 15 heteroatoms. The van der Waals surface area contributed by atoms with E-state index in [1.54, 1.807) is 19.1 Å². The Morgan fingerprint density at radius 3 is 2.20 bits per heavy atom. The van der Waals surface area contributed by atoms with Gasteiger partial charge in [-0.3, -0.25) is 9.36 Å². The third kappa shape index (κ3) is 9.32. The van der Waals surface area contributed by atoms with Gasteiger partial charge in [0, 0.05) is 50.2 Å². The molecule has 278 valence electrons. The van der Waals surface area contributed by atoms with E-state index in [1.165, 1.54) is 36.5 Å². The lowest BCUT2D eigenvalue weighted by atomic mass is 10.1. The standard InChI is InChI=1S/C36H52N8O6S/c1-4-37-35(47)32-30(45)31(46)36(50-32)44-24-41-29-33(39-23-40-34(29)44)38-21-13-11-9-7-5-6-8-10-12-14-22-42-51(48,49)28-20-16-17-25-26(28)18-15-19-27(25)43(2)3/h15-20,23-24,30-32,36,42,45-46H,4-14,21-22H2,1-3H3,(H,37,47)(H,38,39,40)/t30-,31+,32-,36?/m0/s1. The van der Waals surface area contributed by atoms with Crippen LogP contribution in [0.3, 0.4) is 0 Å². The Morgan fingerprint density at radius 2 is 1.51 bits per heavy atom. The SMILES string of the molecule is CCNC(=O)[C@H]1OC(n2cnc3c(NCCCCCCCCCCCCNS(=O)(=O)c4cccc5c(N(C)C)cccc45)ncnc32)[C@H](O)[C@@H]1O. The predicted molar refractivity (Wildman–Crippen MR) is 198 cm³/mol. The number of hydrogen-bond donors (Lipinski definition) is 5. The second-order valence-electron chi connectivity index (χ2n) is 13.3. The molecule has 0 saturated carbocycles. The highest BCUT2D eigenvalue weighted by Crippen LogP contribution is 2.33. The van der Waals surface area contributed by atoms with Gasteiger partial charge >= 0.3 is 0 Å². The summed E-state index contributed by atoms with van der Waals surface area (Å²) < 4.78 is 36.2. The number of unbranched alkanes of at least 4 members (excludes halogenated alkanes) is 9. The molecule has 5 N–H and O–H groups in total. The van der Waals surface area contributed by atoms with E-state index in [-0.39, 0.29) is 0 Å². The van der Waals surface area contributed by atoms with Crippen molar-refractivity contribution in [1.29, 1.82) is 0 Å². The summed E-state index contributed by atoms with van der Waals surface area (Å²) in [4.78, 5) is 27.6. The van der Waals surface area contributed by atoms with Gasteiger partial charge in [0.2, 0.25) is 10.0 Å². The molecule has 14 nitrogen and oxygen atoms in total. The van der Waals surface area contributed by atoms with Crippen LogP contribution in [0.15, 0.2) is 53.9 Å². The number of benzene rings is 2. The Bertz CT molecular complexity index is 1850. The molecule has 1 aliphatic rings. The Kier molecular flexibility index (Phi) is 13.6. The van der Waals surface area contributed by atoms with Crippen molar-refractivity contribution in [3.05, 3.63) is 49.1 Å². The number of aliphatic hydroxyl groups excluding tert-OH is 2. The molecule has 2 aromatic carbocycles. The highest BCUT2D eigenvalue weighted by atomic mass is 32.2. The van der Waals surface area contributed by atoms with Crippen molar-refractivity contribution >= 4 is 49.4 Å². The lowest BCUT2D eigenvalue weighted by molar-refractivity contribution is -0.137. The molecule has 51 heavy (non-hydrogen) atoms. The molecule has 5 rings (SSSR count). The quantitative estimate of drug-likeness (QED) is 0.0828. The van der Waals surface area contributed by atoms with E-state index < -0.39 is 40.5 Å². The minimum Gasteiger partial charge on any atom is -0.387 e. The third-order valence-corrected chi connectivity index (χ3v) is 10.8. The van der Waals surface area contributed by atoms with Gasteiger partial charge in [0.15, 0.2) is 29.3 Å². The summed E-state index contributed by atoms with van der Waals surface area (Å²) in [5.41, 5.74) is 1.94. The van der Waals surface area contributed by atoms with E-state index in [0.29, 0.717) is 35.0 Å². The molecule has 1 amide bonds. The fraction of sp³-hybridized carbons (Fsp3) is 0.556. The van der Waals surface area contributed by atoms with Crippen molar-refractivity contribution in [3.8, 4) is 0 Å². The van der Waals surface area contributed by atoms with Crippen molar-refractivity contribution in [2.24, 2.45) is 0 Å². The first kappa shape index (κ1) is 38.3. The Hall–Kier alpha value is -3.89. The van der Waals surface area contributed by atoms with Gasteiger partial charge in [-0.1, -0.05) is 75.6 Å². The molecule has 0 radical (unpaired) electrons. The average Bonchev–Trinajstić information content (AvgIpc) is 3.68. The van der Waals surface area contributed by atoms with Crippen LogP contribution < -0.4 is 20.3 Å². The average molecular weight is 725 g/mol. The molecule has 1 aliphatic heterocycles. The Balaban J connectivity index is 0.935. The maximum atomic E-state index is 13.1. The van der Waals surface area contributed by atoms with Crippen molar-refractivity contribution in [1.82, 2.24) is 29.6 Å². The first-order valence-corrected chi connectivity index (χ1v) is 19.5. The Morgan fingerprint density at radius 1 is 0.863 bits per heavy atom. The van der Waals surface area contributed by atoms with Gasteiger partial charge in [-0.05, 0) is 31.9 Å². The minimum atomic E-state index is -3.60. The van der Waals surface area contributed by atoms with Crippen LogP contribution in [0.25, 0.3) is 21.9 Å². The molecule has 2 aromatic heterocycles. The second-order valence-corrected chi connectivity index (χ2v) is 15.0. The largest absolute Gasteiger partial charge is 0.387 e. The summed E-state index contributed by atoms with van der Waals surface area (Å²) in [5, 5.41) is 28.6. The Labute approximate surface area is 300 Å². The maximum Gasteiger partial charge on any atom is 0.252 e. The number of carbonyl (C=O) groups excluding carboxylic acids is 1. The topological polar surface area (TPSA) is 184 Å². The highest BCUT2D eigenvalue weighted by Gasteiger charge is 2.47. The summed E-state index contributed by atoms with van der Waals surface area (Å²) in [5.74, 6) is 0.0907. The fourth-order valence-corrected chi connectivity index (χ4v) is 7.89. The number of aliphatic hydroxyl groups is 2. The van der Waals surface area contributed by atoms with E-state index in [2.05, 4.69) is 30.3 Å². The van der Waals surface area contributed by atoms with E-state index >= 15 is 0 Å². The van der Waals surface area contributed by atoms with Gasteiger partial charge in [0.25, 0.3) is 5.91 Å². The fourth-order valence-electron chi connectivity index (χ4n) is 6.59. The van der Waals surface area contributed by atoms with Crippen LogP contribution in [0.4, 0.5) is 11.5 Å². The molecule has 0 spiro atoms. The number of carbonyl (C=O) groups is 1. The zero-order valence-electron chi connectivity index (χ0n) is 29.8. The number of hydrogen-bond acceptors (Lipinski definition) is 11. The molecular formula is C36H52N8O6S. The number of sulfonamides is 1. The van der Waals surface area contributed by atoms with Crippen LogP contribution in [-0.2, 0) is 19.6 Å². The molecule has 4 aromatic rings. The van der Waals surface area contributed by atoms with Crippen LogP contribution in [0.1, 0.15) is 77.4 Å². The number of fused-ring (bicyclic) bond motifs is 2. The van der Waals surface area contributed by atoms with E-state index in [4.69, 9.17) is 4.74 Å². The second kappa shape index (κ2) is 18.0. The minimum absolute atomic E-state index is 0.325. The summed E-state index contributed by atoms with van der Waals surface area (Å²) in [7, 11) is 0.314. The zero-order chi connectivity index (χ0) is 36.4. The third-order valence-electron chi connectivity index (χ3n) is 9.30. The lowest BCUT2D eigenvalue weighted by Gasteiger charge is -2.17. The molecular weight excluding hydrogens is 673 g/mol. The lowest BCUT2D eigenvalue weighted by Crippen LogP contribution is -2.42. The number of anilines is 2. The number of nitrogens with one attached hydrogen (secondary N) is 3. The summed E-state index contributed by atoms with van der Waals surface area (Å²) in [6, 6.07) is 11.2. The van der Waals surface area contributed by atoms with Crippen molar-refractivity contribution in [3.63, 3.8) is 0 Å². The van der Waals surface area contributed by atoms with Crippen molar-refractivity contribution in [2.45, 2.75) is 101 Å². The van der Waals surface area contributed by atoms with Crippen LogP contribution >= 0.6 is 0 Å². The summed E-state index contributed by atoms with van der Waals surface area (Å²) in [6.45, 7) is 3.30. The molecule has 4 atom stereocenters. The highest BCUT2D eigenvalue weighted by molar-refractivity contribution is 7.89. The van der Waals surface area contributed by atoms with Gasteiger partial charge in [0.05, 0.1) is 11.2 Å². The normalized spacial score (nSPS) is 19.2. The van der Waals surface area contributed by atoms with Gasteiger partial charge in [0.1, 0.15) is 18.5 Å². The number of nitrogens with zero attached hydrogens (tertiary/aromatic N) is 5. The van der Waals surface area contributed by atoms with Gasteiger partial charge < -0.3 is 30.5 Å². The maximum absolute atomic E-state index is 13.1. The van der Waals surface area contributed by atoms with Crippen LogP contribution in [0, 0.1) is 0 Å². The molecule has 3 heterocycles. The molecule has 1 unspecified atom stereocenters. The number of likely N-dealkylation sites (N-methyl/N-ethyl adjacent to an activating group) is 1. The van der Waals surface area contributed by atoms with E-state index in [0.717, 1.165) is 68.0 Å². The number of amides is 1. The number of ether oxygens (including phenoxy) is 1. The van der Waals surface area contributed by atoms with Gasteiger partial charge in [-0.2, -0.15) is 0 Å². The summed E-state index contributed by atoms with van der Waals surface area (Å²) in [6.07, 6.45) is 8.78. The van der Waals surface area contributed by atoms with Crippen LogP contribution in [0.2, 0.25) is 0 Å². The number of aromatic nitrogens is 4. The monoisotopic (exact) mass is 724 g/mol. The molecule has 0 bridgehead atoms. The zero-order valence-corrected chi connectivity index (χ0v) is 30.6. The van der Waals surface area contributed by atoms with Crippen LogP contribution in [0.5, 0.6) is 0 Å². The summed E-state index contributed by atoms with van der Waals surface area (Å²) >= 11 is 0. The smallest absolute Gasteiger partial charge is 0.252 e. The first-order chi connectivity index (χ1) is 24.6. The van der Waals surface area contributed by atoms with E-state index in [9.17, 15) is 23.4 Å².